The van der Waals surface area contributed by atoms with Gasteiger partial charge in [-0.25, -0.2) is 17.9 Å². The summed E-state index contributed by atoms with van der Waals surface area (Å²) < 4.78 is 31.2. The van der Waals surface area contributed by atoms with Crippen LogP contribution in [0.15, 0.2) is 65.6 Å². The third-order valence-corrected chi connectivity index (χ3v) is 4.72. The smallest absolute Gasteiger partial charge is 0.338 e. The third-order valence-electron chi connectivity index (χ3n) is 3.16. The Balaban J connectivity index is 1.92. The monoisotopic (exact) mass is 345 g/mol. The van der Waals surface area contributed by atoms with E-state index in [-0.39, 0.29) is 11.5 Å². The second-order valence-corrected chi connectivity index (χ2v) is 6.70. The Morgan fingerprint density at radius 3 is 2.38 bits per heavy atom. The maximum absolute atomic E-state index is 11.9. The number of esters is 1. The fourth-order valence-electron chi connectivity index (χ4n) is 2.00. The molecule has 24 heavy (non-hydrogen) atoms. The van der Waals surface area contributed by atoms with Crippen LogP contribution in [-0.2, 0) is 14.8 Å². The molecule has 5 nitrogen and oxygen atoms in total. The largest absolute Gasteiger partial charge is 0.458 e. The Kier molecular flexibility index (Phi) is 6.28. The van der Waals surface area contributed by atoms with Crippen molar-refractivity contribution >= 4 is 22.1 Å². The van der Waals surface area contributed by atoms with Crippen molar-refractivity contribution in [3.8, 4) is 0 Å². The minimum atomic E-state index is -3.52. The number of sulfonamides is 1. The van der Waals surface area contributed by atoms with Crippen molar-refractivity contribution in [2.45, 2.75) is 11.8 Å². The lowest BCUT2D eigenvalue weighted by molar-refractivity contribution is 0.0550. The van der Waals surface area contributed by atoms with E-state index in [9.17, 15) is 13.2 Å². The molecule has 1 N–H and O–H groups in total. The van der Waals surface area contributed by atoms with Crippen LogP contribution in [0.3, 0.4) is 0 Å². The highest BCUT2D eigenvalue weighted by molar-refractivity contribution is 7.89. The summed E-state index contributed by atoms with van der Waals surface area (Å²) in [6.45, 7) is 2.15. The van der Waals surface area contributed by atoms with Crippen molar-refractivity contribution in [3.05, 3.63) is 71.8 Å². The van der Waals surface area contributed by atoms with Crippen molar-refractivity contribution < 1.29 is 17.9 Å². The highest BCUT2D eigenvalue weighted by atomic mass is 32.2. The normalized spacial score (nSPS) is 11.5. The van der Waals surface area contributed by atoms with Crippen molar-refractivity contribution in [1.29, 1.82) is 0 Å². The maximum atomic E-state index is 11.9. The zero-order chi connectivity index (χ0) is 17.4. The van der Waals surface area contributed by atoms with Crippen LogP contribution >= 0.6 is 0 Å². The second-order valence-electron chi connectivity index (χ2n) is 4.94. The van der Waals surface area contributed by atoms with E-state index in [0.717, 1.165) is 5.56 Å². The molecular weight excluding hydrogens is 326 g/mol. The van der Waals surface area contributed by atoms with E-state index in [0.29, 0.717) is 12.1 Å². The first kappa shape index (κ1) is 17.9. The molecule has 0 atom stereocenters. The van der Waals surface area contributed by atoms with E-state index < -0.39 is 16.0 Å². The van der Waals surface area contributed by atoms with Gasteiger partial charge in [-0.05, 0) is 35.9 Å². The second kappa shape index (κ2) is 8.42. The molecule has 0 fully saturated rings. The Bertz CT molecular complexity index is 797. The molecule has 0 saturated heterocycles. The zero-order valence-corrected chi connectivity index (χ0v) is 14.1. The number of ether oxygens (including phenoxy) is 1. The van der Waals surface area contributed by atoms with Gasteiger partial charge < -0.3 is 4.74 Å². The van der Waals surface area contributed by atoms with Crippen LogP contribution in [0.1, 0.15) is 22.8 Å². The van der Waals surface area contributed by atoms with Gasteiger partial charge in [0.05, 0.1) is 10.5 Å². The van der Waals surface area contributed by atoms with Crippen LogP contribution in [0, 0.1) is 0 Å². The molecule has 0 radical (unpaired) electrons. The lowest BCUT2D eigenvalue weighted by Crippen LogP contribution is -2.23. The molecule has 0 aliphatic rings. The van der Waals surface area contributed by atoms with Crippen LogP contribution in [0.25, 0.3) is 6.08 Å². The summed E-state index contributed by atoms with van der Waals surface area (Å²) in [5.74, 6) is -0.500. The molecule has 0 saturated carbocycles. The summed E-state index contributed by atoms with van der Waals surface area (Å²) in [6.07, 6.45) is 3.61. The Labute approximate surface area is 142 Å². The van der Waals surface area contributed by atoms with Gasteiger partial charge in [-0.1, -0.05) is 43.3 Å². The number of carbonyl (C=O) groups is 1. The highest BCUT2D eigenvalue weighted by Crippen LogP contribution is 2.11. The van der Waals surface area contributed by atoms with Gasteiger partial charge in [0, 0.05) is 6.54 Å². The van der Waals surface area contributed by atoms with Crippen LogP contribution < -0.4 is 4.72 Å². The van der Waals surface area contributed by atoms with Gasteiger partial charge in [-0.2, -0.15) is 0 Å². The fourth-order valence-corrected chi connectivity index (χ4v) is 3.04. The first-order valence-corrected chi connectivity index (χ1v) is 8.99. The minimum absolute atomic E-state index is 0.116. The van der Waals surface area contributed by atoms with Crippen LogP contribution in [-0.4, -0.2) is 27.5 Å². The third kappa shape index (κ3) is 5.04. The van der Waals surface area contributed by atoms with Gasteiger partial charge in [0.1, 0.15) is 6.61 Å². The summed E-state index contributed by atoms with van der Waals surface area (Å²) in [4.78, 5) is 12.0. The molecule has 0 bridgehead atoms. The van der Waals surface area contributed by atoms with E-state index in [1.165, 1.54) is 24.3 Å². The van der Waals surface area contributed by atoms with E-state index >= 15 is 0 Å². The van der Waals surface area contributed by atoms with Crippen LogP contribution in [0.5, 0.6) is 0 Å². The number of hydrogen-bond acceptors (Lipinski definition) is 4. The standard InChI is InChI=1S/C18H19NO4S/c1-2-19-24(21,22)17-12-10-16(11-13-17)18(20)23-14-6-9-15-7-4-3-5-8-15/h3-13,19H,2,14H2,1H3/b9-6+. The van der Waals surface area contributed by atoms with E-state index in [1.54, 1.807) is 13.0 Å². The lowest BCUT2D eigenvalue weighted by atomic mass is 10.2. The average molecular weight is 345 g/mol. The summed E-state index contributed by atoms with van der Waals surface area (Å²) in [5.41, 5.74) is 1.32. The van der Waals surface area contributed by atoms with E-state index in [4.69, 9.17) is 4.74 Å². The van der Waals surface area contributed by atoms with Gasteiger partial charge in [-0.15, -0.1) is 0 Å². The van der Waals surface area contributed by atoms with Crippen molar-refractivity contribution in [2.24, 2.45) is 0 Å². The molecular formula is C18H19NO4S. The van der Waals surface area contributed by atoms with Gasteiger partial charge in [-0.3, -0.25) is 0 Å². The van der Waals surface area contributed by atoms with E-state index in [2.05, 4.69) is 4.72 Å². The molecule has 6 heteroatoms. The quantitative estimate of drug-likeness (QED) is 0.783. The minimum Gasteiger partial charge on any atom is -0.458 e. The summed E-state index contributed by atoms with van der Waals surface area (Å²) in [5, 5.41) is 0. The summed E-state index contributed by atoms with van der Waals surface area (Å²) in [6, 6.07) is 15.3. The van der Waals surface area contributed by atoms with Gasteiger partial charge >= 0.3 is 5.97 Å². The molecule has 2 rings (SSSR count). The molecule has 2 aromatic carbocycles. The number of carbonyl (C=O) groups excluding carboxylic acids is 1. The first-order valence-electron chi connectivity index (χ1n) is 7.51. The molecule has 126 valence electrons. The molecule has 2 aromatic rings. The van der Waals surface area contributed by atoms with Crippen LogP contribution in [0.2, 0.25) is 0 Å². The summed E-state index contributed by atoms with van der Waals surface area (Å²) >= 11 is 0. The van der Waals surface area contributed by atoms with Gasteiger partial charge in [0.2, 0.25) is 10.0 Å². The van der Waals surface area contributed by atoms with Crippen LogP contribution in [0.4, 0.5) is 0 Å². The van der Waals surface area contributed by atoms with Gasteiger partial charge in [0.15, 0.2) is 0 Å². The Morgan fingerprint density at radius 1 is 1.08 bits per heavy atom. The number of benzene rings is 2. The highest BCUT2D eigenvalue weighted by Gasteiger charge is 2.13. The predicted octanol–water partition coefficient (Wildman–Crippen LogP) is 2.86. The molecule has 0 amide bonds. The Morgan fingerprint density at radius 2 is 1.75 bits per heavy atom. The SMILES string of the molecule is CCNS(=O)(=O)c1ccc(C(=O)OC/C=C/c2ccccc2)cc1. The first-order chi connectivity index (χ1) is 11.5. The zero-order valence-electron chi connectivity index (χ0n) is 13.3. The number of hydrogen-bond donors (Lipinski definition) is 1. The summed E-state index contributed by atoms with van der Waals surface area (Å²) in [7, 11) is -3.52. The molecule has 0 unspecified atom stereocenters. The predicted molar refractivity (Wildman–Crippen MR) is 93.1 cm³/mol. The lowest BCUT2D eigenvalue weighted by Gasteiger charge is -2.06. The molecule has 0 spiro atoms. The maximum Gasteiger partial charge on any atom is 0.338 e. The van der Waals surface area contributed by atoms with Crippen molar-refractivity contribution in [1.82, 2.24) is 4.72 Å². The molecule has 0 aliphatic heterocycles. The number of nitrogens with one attached hydrogen (secondary N) is 1. The Hall–Kier alpha value is -2.44. The molecule has 0 aromatic heterocycles. The fraction of sp³-hybridized carbons (Fsp3) is 0.167. The average Bonchev–Trinajstić information content (AvgIpc) is 2.59. The molecule has 0 heterocycles. The van der Waals surface area contributed by atoms with Crippen molar-refractivity contribution in [2.75, 3.05) is 13.2 Å². The number of rotatable bonds is 7. The van der Waals surface area contributed by atoms with E-state index in [1.807, 2.05) is 36.4 Å². The topological polar surface area (TPSA) is 72.5 Å². The molecule has 0 aliphatic carbocycles. The van der Waals surface area contributed by atoms with Gasteiger partial charge in [0.25, 0.3) is 0 Å². The van der Waals surface area contributed by atoms with Crippen molar-refractivity contribution in [3.63, 3.8) is 0 Å².